The van der Waals surface area contributed by atoms with Gasteiger partial charge in [-0.2, -0.15) is 5.10 Å². The van der Waals surface area contributed by atoms with Crippen molar-refractivity contribution in [1.29, 1.82) is 0 Å². The highest BCUT2D eigenvalue weighted by Gasteiger charge is 2.18. The van der Waals surface area contributed by atoms with Gasteiger partial charge in [-0.15, -0.1) is 0 Å². The summed E-state index contributed by atoms with van der Waals surface area (Å²) in [6.07, 6.45) is 2.23. The smallest absolute Gasteiger partial charge is 0.0717 e. The summed E-state index contributed by atoms with van der Waals surface area (Å²) in [5.74, 6) is 0. The quantitative estimate of drug-likeness (QED) is 0.665. The number of ether oxygens (including phenoxy) is 1. The molecule has 0 spiro atoms. The van der Waals surface area contributed by atoms with Crippen molar-refractivity contribution in [2.24, 2.45) is 0 Å². The van der Waals surface area contributed by atoms with Crippen molar-refractivity contribution in [2.75, 3.05) is 13.2 Å². The van der Waals surface area contributed by atoms with Crippen LogP contribution in [0.1, 0.15) is 55.2 Å². The Bertz CT molecular complexity index is 607. The molecule has 1 atom stereocenters. The molecule has 0 radical (unpaired) electrons. The molecule has 0 saturated heterocycles. The second-order valence-electron chi connectivity index (χ2n) is 6.26. The van der Waals surface area contributed by atoms with Gasteiger partial charge >= 0.3 is 0 Å². The lowest BCUT2D eigenvalue weighted by molar-refractivity contribution is 0.110. The van der Waals surface area contributed by atoms with E-state index in [1.54, 1.807) is 0 Å². The molecule has 1 heterocycles. The summed E-state index contributed by atoms with van der Waals surface area (Å²) in [4.78, 5) is 0. The Morgan fingerprint density at radius 2 is 1.92 bits per heavy atom. The third kappa shape index (κ3) is 4.92. The molecular weight excluding hydrogens is 298 g/mol. The number of hydrogen-bond acceptors (Lipinski definition) is 3. The monoisotopic (exact) mass is 329 g/mol. The molecule has 0 saturated carbocycles. The molecule has 1 aromatic carbocycles. The predicted octanol–water partition coefficient (Wildman–Crippen LogP) is 4.17. The van der Waals surface area contributed by atoms with Crippen LogP contribution in [0, 0.1) is 13.8 Å². The summed E-state index contributed by atoms with van der Waals surface area (Å²) >= 11 is 0. The van der Waals surface area contributed by atoms with Crippen LogP contribution in [0.4, 0.5) is 0 Å². The minimum absolute atomic E-state index is 0.393. The fraction of sp³-hybridized carbons (Fsp3) is 0.550. The Morgan fingerprint density at radius 3 is 2.58 bits per heavy atom. The van der Waals surface area contributed by atoms with Gasteiger partial charge in [-0.1, -0.05) is 44.2 Å². The van der Waals surface area contributed by atoms with E-state index in [1.807, 2.05) is 18.2 Å². The van der Waals surface area contributed by atoms with Crippen LogP contribution in [-0.2, 0) is 17.9 Å². The minimum Gasteiger partial charge on any atom is -0.375 e. The second-order valence-corrected chi connectivity index (χ2v) is 6.26. The van der Waals surface area contributed by atoms with Gasteiger partial charge in [0, 0.05) is 17.3 Å². The summed E-state index contributed by atoms with van der Waals surface area (Å²) < 4.78 is 7.89. The van der Waals surface area contributed by atoms with Crippen molar-refractivity contribution in [3.63, 3.8) is 0 Å². The Labute approximate surface area is 146 Å². The summed E-state index contributed by atoms with van der Waals surface area (Å²) in [5.41, 5.74) is 4.95. The number of benzene rings is 1. The molecule has 132 valence electrons. The van der Waals surface area contributed by atoms with E-state index in [-0.39, 0.29) is 0 Å². The van der Waals surface area contributed by atoms with Crippen LogP contribution in [0.25, 0.3) is 0 Å². The molecule has 0 aliphatic carbocycles. The molecule has 0 fully saturated rings. The molecule has 4 nitrogen and oxygen atoms in total. The SMILES string of the molecule is CCCNC(CC)c1c(C)nn(CCOCc2ccccc2)c1C. The number of aryl methyl sites for hydroxylation is 1. The third-order valence-electron chi connectivity index (χ3n) is 4.39. The molecule has 2 aromatic rings. The Morgan fingerprint density at radius 1 is 1.17 bits per heavy atom. The summed E-state index contributed by atoms with van der Waals surface area (Å²) in [7, 11) is 0. The van der Waals surface area contributed by atoms with E-state index < -0.39 is 0 Å². The first kappa shape index (κ1) is 18.7. The summed E-state index contributed by atoms with van der Waals surface area (Å²) in [6, 6.07) is 10.7. The normalized spacial score (nSPS) is 12.5. The number of aromatic nitrogens is 2. The van der Waals surface area contributed by atoms with E-state index in [9.17, 15) is 0 Å². The number of hydrogen-bond donors (Lipinski definition) is 1. The highest BCUT2D eigenvalue weighted by Crippen LogP contribution is 2.24. The number of nitrogens with zero attached hydrogens (tertiary/aromatic N) is 2. The molecule has 24 heavy (non-hydrogen) atoms. The van der Waals surface area contributed by atoms with E-state index in [0.29, 0.717) is 19.3 Å². The molecular formula is C20H31N3O. The zero-order chi connectivity index (χ0) is 17.4. The largest absolute Gasteiger partial charge is 0.375 e. The van der Waals surface area contributed by atoms with E-state index in [0.717, 1.165) is 31.6 Å². The zero-order valence-corrected chi connectivity index (χ0v) is 15.5. The van der Waals surface area contributed by atoms with E-state index in [2.05, 4.69) is 49.8 Å². The Kier molecular flexibility index (Phi) is 7.47. The second kappa shape index (κ2) is 9.60. The van der Waals surface area contributed by atoms with Crippen LogP contribution in [0.5, 0.6) is 0 Å². The van der Waals surface area contributed by atoms with Crippen molar-refractivity contribution < 1.29 is 4.74 Å². The first-order valence-corrected chi connectivity index (χ1v) is 9.06. The molecule has 4 heteroatoms. The lowest BCUT2D eigenvalue weighted by Gasteiger charge is -2.17. The highest BCUT2D eigenvalue weighted by atomic mass is 16.5. The number of nitrogens with one attached hydrogen (secondary N) is 1. The van der Waals surface area contributed by atoms with Gasteiger partial charge in [0.2, 0.25) is 0 Å². The van der Waals surface area contributed by atoms with Crippen LogP contribution in [0.2, 0.25) is 0 Å². The molecule has 1 aromatic heterocycles. The third-order valence-corrected chi connectivity index (χ3v) is 4.39. The topological polar surface area (TPSA) is 39.1 Å². The van der Waals surface area contributed by atoms with Crippen LogP contribution >= 0.6 is 0 Å². The van der Waals surface area contributed by atoms with E-state index in [1.165, 1.54) is 16.8 Å². The van der Waals surface area contributed by atoms with Gasteiger partial charge in [-0.3, -0.25) is 4.68 Å². The van der Waals surface area contributed by atoms with Crippen LogP contribution < -0.4 is 5.32 Å². The van der Waals surface area contributed by atoms with Crippen molar-refractivity contribution in [3.05, 3.63) is 52.8 Å². The maximum Gasteiger partial charge on any atom is 0.0717 e. The van der Waals surface area contributed by atoms with Crippen molar-refractivity contribution in [1.82, 2.24) is 15.1 Å². The predicted molar refractivity (Wildman–Crippen MR) is 99.1 cm³/mol. The molecule has 1 unspecified atom stereocenters. The van der Waals surface area contributed by atoms with Crippen molar-refractivity contribution in [2.45, 2.75) is 59.7 Å². The first-order chi connectivity index (χ1) is 11.7. The maximum atomic E-state index is 5.80. The van der Waals surface area contributed by atoms with Gasteiger partial charge in [-0.05, 0) is 38.8 Å². The zero-order valence-electron chi connectivity index (χ0n) is 15.5. The minimum atomic E-state index is 0.393. The molecule has 1 N–H and O–H groups in total. The molecule has 0 bridgehead atoms. The Balaban J connectivity index is 1.92. The molecule has 0 amide bonds. The molecule has 2 rings (SSSR count). The fourth-order valence-corrected chi connectivity index (χ4v) is 3.12. The van der Waals surface area contributed by atoms with Crippen molar-refractivity contribution >= 4 is 0 Å². The van der Waals surface area contributed by atoms with Gasteiger partial charge in [0.25, 0.3) is 0 Å². The van der Waals surface area contributed by atoms with Crippen LogP contribution in [-0.4, -0.2) is 22.9 Å². The van der Waals surface area contributed by atoms with Gasteiger partial charge in [0.15, 0.2) is 0 Å². The first-order valence-electron chi connectivity index (χ1n) is 9.06. The Hall–Kier alpha value is -1.65. The average molecular weight is 329 g/mol. The van der Waals surface area contributed by atoms with Crippen molar-refractivity contribution in [3.8, 4) is 0 Å². The highest BCUT2D eigenvalue weighted by molar-refractivity contribution is 5.28. The van der Waals surface area contributed by atoms with E-state index >= 15 is 0 Å². The van der Waals surface area contributed by atoms with Crippen LogP contribution in [0.15, 0.2) is 30.3 Å². The molecule has 0 aliphatic rings. The number of rotatable bonds is 10. The fourth-order valence-electron chi connectivity index (χ4n) is 3.12. The summed E-state index contributed by atoms with van der Waals surface area (Å²) in [6.45, 7) is 11.9. The van der Waals surface area contributed by atoms with Crippen LogP contribution in [0.3, 0.4) is 0 Å². The molecule has 0 aliphatic heterocycles. The lowest BCUT2D eigenvalue weighted by atomic mass is 10.0. The maximum absolute atomic E-state index is 5.80. The lowest BCUT2D eigenvalue weighted by Crippen LogP contribution is -2.22. The summed E-state index contributed by atoms with van der Waals surface area (Å²) in [5, 5.41) is 8.36. The van der Waals surface area contributed by atoms with Gasteiger partial charge in [0.05, 0.1) is 25.5 Å². The van der Waals surface area contributed by atoms with Gasteiger partial charge in [0.1, 0.15) is 0 Å². The standard InChI is InChI=1S/C20H31N3O/c1-5-12-21-19(6-2)20-16(3)22-23(17(20)4)13-14-24-15-18-10-8-7-9-11-18/h7-11,19,21H,5-6,12-15H2,1-4H3. The van der Waals surface area contributed by atoms with E-state index in [4.69, 9.17) is 9.84 Å². The van der Waals surface area contributed by atoms with Gasteiger partial charge in [-0.25, -0.2) is 0 Å². The van der Waals surface area contributed by atoms with Gasteiger partial charge < -0.3 is 10.1 Å². The average Bonchev–Trinajstić information content (AvgIpc) is 2.88.